The van der Waals surface area contributed by atoms with Crippen molar-refractivity contribution in [1.29, 1.82) is 0 Å². The standard InChI is InChI=1S/C28H28F3N3O6/c1-27(2,26(37)38)16-21(35)34-14-12-20(13-15-34)39-19-10-8-18(9-11-19)32-24(36)22-23(28(29,30)31)40-25(33-22)17-6-4-3-5-7-17/h3-11,20H,12-16H2,1-2H3,(H,32,36)(H,37,38). The van der Waals surface area contributed by atoms with Crippen LogP contribution in [0.5, 0.6) is 5.75 Å². The number of carbonyl (C=O) groups is 3. The maximum Gasteiger partial charge on any atom is 0.452 e. The molecule has 1 fully saturated rings. The van der Waals surface area contributed by atoms with Gasteiger partial charge in [-0.2, -0.15) is 13.2 Å². The fourth-order valence-corrected chi connectivity index (χ4v) is 4.16. The summed E-state index contributed by atoms with van der Waals surface area (Å²) in [6.07, 6.45) is -4.09. The number of nitrogens with one attached hydrogen (secondary N) is 1. The molecular weight excluding hydrogens is 531 g/mol. The second-order valence-corrected chi connectivity index (χ2v) is 10.1. The minimum Gasteiger partial charge on any atom is -0.490 e. The molecule has 0 saturated carbocycles. The van der Waals surface area contributed by atoms with Crippen molar-refractivity contribution in [3.63, 3.8) is 0 Å². The summed E-state index contributed by atoms with van der Waals surface area (Å²) in [5.74, 6) is -3.64. The lowest BCUT2D eigenvalue weighted by atomic mass is 9.88. The van der Waals surface area contributed by atoms with E-state index < -0.39 is 34.9 Å². The van der Waals surface area contributed by atoms with Crippen molar-refractivity contribution in [3.8, 4) is 17.2 Å². The van der Waals surface area contributed by atoms with Gasteiger partial charge in [-0.05, 0) is 50.2 Å². The number of hydrogen-bond acceptors (Lipinski definition) is 6. The number of nitrogens with zero attached hydrogens (tertiary/aromatic N) is 2. The van der Waals surface area contributed by atoms with E-state index in [1.54, 1.807) is 35.2 Å². The van der Waals surface area contributed by atoms with E-state index in [0.717, 1.165) is 0 Å². The fraction of sp³-hybridized carbons (Fsp3) is 0.357. The Morgan fingerprint density at radius 1 is 1.05 bits per heavy atom. The van der Waals surface area contributed by atoms with Crippen LogP contribution in [-0.2, 0) is 15.8 Å². The second-order valence-electron chi connectivity index (χ2n) is 10.1. The van der Waals surface area contributed by atoms with Crippen LogP contribution in [0.2, 0.25) is 0 Å². The maximum atomic E-state index is 13.5. The summed E-state index contributed by atoms with van der Waals surface area (Å²) in [6, 6.07) is 14.1. The van der Waals surface area contributed by atoms with Crippen LogP contribution in [0.1, 0.15) is 49.4 Å². The Labute approximate surface area is 227 Å². The molecule has 1 saturated heterocycles. The molecule has 2 aromatic carbocycles. The van der Waals surface area contributed by atoms with Gasteiger partial charge in [0.25, 0.3) is 5.91 Å². The Bertz CT molecular complexity index is 1360. The predicted molar refractivity (Wildman–Crippen MR) is 138 cm³/mol. The number of alkyl halides is 3. The molecular formula is C28H28F3N3O6. The van der Waals surface area contributed by atoms with Crippen molar-refractivity contribution < 1.29 is 41.8 Å². The predicted octanol–water partition coefficient (Wildman–Crippen LogP) is 5.48. The van der Waals surface area contributed by atoms with Gasteiger partial charge in [0.1, 0.15) is 11.9 Å². The number of benzene rings is 2. The maximum absolute atomic E-state index is 13.5. The highest BCUT2D eigenvalue weighted by atomic mass is 19.4. The smallest absolute Gasteiger partial charge is 0.452 e. The number of amides is 2. The number of halogens is 3. The van der Waals surface area contributed by atoms with E-state index in [0.29, 0.717) is 37.2 Å². The van der Waals surface area contributed by atoms with Gasteiger partial charge >= 0.3 is 12.1 Å². The van der Waals surface area contributed by atoms with Crippen molar-refractivity contribution in [2.45, 2.75) is 45.4 Å². The first-order valence-corrected chi connectivity index (χ1v) is 12.6. The lowest BCUT2D eigenvalue weighted by molar-refractivity contribution is -0.153. The highest BCUT2D eigenvalue weighted by Crippen LogP contribution is 2.35. The summed E-state index contributed by atoms with van der Waals surface area (Å²) in [4.78, 5) is 41.9. The number of anilines is 1. The van der Waals surface area contributed by atoms with Crippen molar-refractivity contribution in [2.24, 2.45) is 5.41 Å². The van der Waals surface area contributed by atoms with Crippen LogP contribution in [0, 0.1) is 5.41 Å². The van der Waals surface area contributed by atoms with E-state index in [2.05, 4.69) is 10.3 Å². The number of aromatic nitrogens is 1. The van der Waals surface area contributed by atoms with Gasteiger partial charge in [0, 0.05) is 43.6 Å². The van der Waals surface area contributed by atoms with Gasteiger partial charge in [0.05, 0.1) is 5.41 Å². The van der Waals surface area contributed by atoms with Crippen LogP contribution < -0.4 is 10.1 Å². The molecule has 12 heteroatoms. The quantitative estimate of drug-likeness (QED) is 0.375. The van der Waals surface area contributed by atoms with Crippen molar-refractivity contribution in [1.82, 2.24) is 9.88 Å². The normalized spacial score (nSPS) is 14.6. The molecule has 0 radical (unpaired) electrons. The summed E-state index contributed by atoms with van der Waals surface area (Å²) in [7, 11) is 0. The molecule has 212 valence electrons. The monoisotopic (exact) mass is 559 g/mol. The third-order valence-corrected chi connectivity index (χ3v) is 6.50. The first-order chi connectivity index (χ1) is 18.8. The summed E-state index contributed by atoms with van der Waals surface area (Å²) in [5.41, 5.74) is -1.49. The Balaban J connectivity index is 1.35. The van der Waals surface area contributed by atoms with E-state index in [-0.39, 0.29) is 30.0 Å². The molecule has 0 aliphatic carbocycles. The van der Waals surface area contributed by atoms with Crippen LogP contribution in [0.3, 0.4) is 0 Å². The van der Waals surface area contributed by atoms with E-state index in [4.69, 9.17) is 9.15 Å². The lowest BCUT2D eigenvalue weighted by Gasteiger charge is -2.33. The molecule has 0 atom stereocenters. The molecule has 2 heterocycles. The fourth-order valence-electron chi connectivity index (χ4n) is 4.16. The van der Waals surface area contributed by atoms with Gasteiger partial charge in [0.2, 0.25) is 17.6 Å². The minimum atomic E-state index is -4.92. The molecule has 3 aromatic rings. The zero-order valence-electron chi connectivity index (χ0n) is 21.8. The van der Waals surface area contributed by atoms with E-state index in [1.807, 2.05) is 0 Å². The topological polar surface area (TPSA) is 122 Å². The molecule has 1 aliphatic heterocycles. The van der Waals surface area contributed by atoms with Gasteiger partial charge < -0.3 is 24.5 Å². The number of likely N-dealkylation sites (tertiary alicyclic amines) is 1. The first-order valence-electron chi connectivity index (χ1n) is 12.6. The number of carbonyl (C=O) groups excluding carboxylic acids is 2. The van der Waals surface area contributed by atoms with Crippen LogP contribution in [0.25, 0.3) is 11.5 Å². The van der Waals surface area contributed by atoms with Gasteiger partial charge in [0.15, 0.2) is 5.69 Å². The number of rotatable bonds is 8. The van der Waals surface area contributed by atoms with Gasteiger partial charge in [-0.25, -0.2) is 4.98 Å². The Morgan fingerprint density at radius 2 is 1.68 bits per heavy atom. The van der Waals surface area contributed by atoms with Gasteiger partial charge in [-0.3, -0.25) is 14.4 Å². The zero-order chi connectivity index (χ0) is 29.1. The summed E-state index contributed by atoms with van der Waals surface area (Å²) in [6.45, 7) is 3.88. The average molecular weight is 560 g/mol. The van der Waals surface area contributed by atoms with Crippen LogP contribution in [-0.4, -0.2) is 52.0 Å². The largest absolute Gasteiger partial charge is 0.490 e. The number of piperidine rings is 1. The number of ether oxygens (including phenoxy) is 1. The van der Waals surface area contributed by atoms with Crippen molar-refractivity contribution >= 4 is 23.5 Å². The zero-order valence-corrected chi connectivity index (χ0v) is 21.8. The van der Waals surface area contributed by atoms with Crippen molar-refractivity contribution in [2.75, 3.05) is 18.4 Å². The summed E-state index contributed by atoms with van der Waals surface area (Å²) >= 11 is 0. The summed E-state index contributed by atoms with van der Waals surface area (Å²) < 4.78 is 51.5. The van der Waals surface area contributed by atoms with Crippen LogP contribution in [0.4, 0.5) is 18.9 Å². The minimum absolute atomic E-state index is 0.0899. The van der Waals surface area contributed by atoms with Crippen LogP contribution in [0.15, 0.2) is 59.0 Å². The number of carboxylic acids is 1. The third-order valence-electron chi connectivity index (χ3n) is 6.50. The Morgan fingerprint density at radius 3 is 2.25 bits per heavy atom. The average Bonchev–Trinajstić information content (AvgIpc) is 3.37. The SMILES string of the molecule is CC(C)(CC(=O)N1CCC(Oc2ccc(NC(=O)c3nc(-c4ccccc4)oc3C(F)(F)F)cc2)CC1)C(=O)O. The molecule has 2 N–H and O–H groups in total. The summed E-state index contributed by atoms with van der Waals surface area (Å²) in [5, 5.41) is 11.7. The van der Waals surface area contributed by atoms with E-state index in [9.17, 15) is 32.7 Å². The third kappa shape index (κ3) is 6.80. The second kappa shape index (κ2) is 11.4. The van der Waals surface area contributed by atoms with Gasteiger partial charge in [-0.1, -0.05) is 18.2 Å². The number of aliphatic carboxylic acids is 1. The number of carboxylic acid groups (broad SMARTS) is 1. The lowest BCUT2D eigenvalue weighted by Crippen LogP contribution is -2.44. The highest BCUT2D eigenvalue weighted by Gasteiger charge is 2.42. The van der Waals surface area contributed by atoms with Crippen LogP contribution >= 0.6 is 0 Å². The van der Waals surface area contributed by atoms with E-state index >= 15 is 0 Å². The van der Waals surface area contributed by atoms with Crippen molar-refractivity contribution in [3.05, 3.63) is 66.1 Å². The molecule has 0 spiro atoms. The van der Waals surface area contributed by atoms with E-state index in [1.165, 1.54) is 38.1 Å². The number of hydrogen-bond donors (Lipinski definition) is 2. The molecule has 9 nitrogen and oxygen atoms in total. The number of oxazole rings is 1. The Hall–Kier alpha value is -4.35. The Kier molecular flexibility index (Phi) is 8.17. The molecule has 4 rings (SSSR count). The molecule has 1 aliphatic rings. The van der Waals surface area contributed by atoms with Gasteiger partial charge in [-0.15, -0.1) is 0 Å². The molecule has 0 bridgehead atoms. The molecule has 1 aromatic heterocycles. The molecule has 40 heavy (non-hydrogen) atoms. The molecule has 0 unspecified atom stereocenters. The molecule has 2 amide bonds. The highest BCUT2D eigenvalue weighted by molar-refractivity contribution is 6.04. The first kappa shape index (κ1) is 28.7.